The molecule has 20 heavy (non-hydrogen) atoms. The van der Waals surface area contributed by atoms with Gasteiger partial charge in [0.25, 0.3) is 0 Å². The van der Waals surface area contributed by atoms with Crippen LogP contribution in [0.3, 0.4) is 0 Å². The molecular formula is C16H28N4. The molecule has 0 aliphatic carbocycles. The second kappa shape index (κ2) is 5.86. The molecule has 0 amide bonds. The van der Waals surface area contributed by atoms with Gasteiger partial charge in [-0.05, 0) is 32.7 Å². The van der Waals surface area contributed by atoms with Crippen LogP contribution in [0.4, 0.5) is 0 Å². The highest BCUT2D eigenvalue weighted by molar-refractivity contribution is 5.20. The summed E-state index contributed by atoms with van der Waals surface area (Å²) in [5, 5.41) is 3.44. The lowest BCUT2D eigenvalue weighted by Gasteiger charge is -2.22. The zero-order valence-electron chi connectivity index (χ0n) is 13.2. The van der Waals surface area contributed by atoms with Crippen LogP contribution in [-0.4, -0.2) is 40.1 Å². The van der Waals surface area contributed by atoms with Crippen LogP contribution in [0.5, 0.6) is 0 Å². The van der Waals surface area contributed by atoms with Crippen molar-refractivity contribution in [3.05, 3.63) is 17.2 Å². The zero-order valence-corrected chi connectivity index (χ0v) is 13.2. The molecule has 2 aliphatic rings. The van der Waals surface area contributed by atoms with Crippen molar-refractivity contribution in [2.75, 3.05) is 19.6 Å². The first-order valence-corrected chi connectivity index (χ1v) is 8.21. The smallest absolute Gasteiger partial charge is 0.108 e. The molecule has 112 valence electrons. The molecule has 0 radical (unpaired) electrons. The molecule has 3 heterocycles. The maximum absolute atomic E-state index is 4.85. The first-order chi connectivity index (χ1) is 9.69. The van der Waals surface area contributed by atoms with Gasteiger partial charge in [-0.15, -0.1) is 0 Å². The predicted octanol–water partition coefficient (Wildman–Crippen LogP) is 1.82. The van der Waals surface area contributed by atoms with Crippen LogP contribution in [0, 0.1) is 5.92 Å². The van der Waals surface area contributed by atoms with E-state index in [0.717, 1.165) is 31.8 Å². The van der Waals surface area contributed by atoms with Crippen molar-refractivity contribution in [2.45, 2.75) is 59.2 Å². The van der Waals surface area contributed by atoms with Crippen molar-refractivity contribution in [3.8, 4) is 0 Å². The van der Waals surface area contributed by atoms with Gasteiger partial charge in [-0.3, -0.25) is 0 Å². The highest BCUT2D eigenvalue weighted by atomic mass is 15.2. The summed E-state index contributed by atoms with van der Waals surface area (Å²) < 4.78 is 2.55. The summed E-state index contributed by atoms with van der Waals surface area (Å²) in [5.74, 6) is 2.09. The molecule has 1 N–H and O–H groups in total. The topological polar surface area (TPSA) is 33.1 Å². The van der Waals surface area contributed by atoms with E-state index in [0.29, 0.717) is 6.04 Å². The molecule has 1 fully saturated rings. The van der Waals surface area contributed by atoms with E-state index in [-0.39, 0.29) is 0 Å². The van der Waals surface area contributed by atoms with Crippen molar-refractivity contribution >= 4 is 0 Å². The number of nitrogens with zero attached hydrogens (tertiary/aromatic N) is 3. The van der Waals surface area contributed by atoms with Crippen LogP contribution in [0.25, 0.3) is 0 Å². The van der Waals surface area contributed by atoms with Gasteiger partial charge in [0.05, 0.1) is 5.69 Å². The summed E-state index contributed by atoms with van der Waals surface area (Å²) in [7, 11) is 0. The largest absolute Gasteiger partial charge is 0.331 e. The number of imidazole rings is 1. The molecule has 3 rings (SSSR count). The predicted molar refractivity (Wildman–Crippen MR) is 81.8 cm³/mol. The number of aromatic nitrogens is 2. The molecule has 1 atom stereocenters. The number of aryl methyl sites for hydroxylation is 1. The summed E-state index contributed by atoms with van der Waals surface area (Å²) in [5.41, 5.74) is 2.80. The average Bonchev–Trinajstić information content (AvgIpc) is 3.04. The van der Waals surface area contributed by atoms with Gasteiger partial charge >= 0.3 is 0 Å². The van der Waals surface area contributed by atoms with Gasteiger partial charge in [0, 0.05) is 50.8 Å². The highest BCUT2D eigenvalue weighted by Gasteiger charge is 2.27. The van der Waals surface area contributed by atoms with E-state index in [1.54, 1.807) is 0 Å². The second-order valence-electron chi connectivity index (χ2n) is 6.56. The van der Waals surface area contributed by atoms with Gasteiger partial charge in [0.15, 0.2) is 0 Å². The van der Waals surface area contributed by atoms with E-state index in [2.05, 4.69) is 35.6 Å². The fraction of sp³-hybridized carbons (Fsp3) is 0.812. The molecule has 4 nitrogen and oxygen atoms in total. The minimum absolute atomic E-state index is 0.687. The number of hydrogen-bond acceptors (Lipinski definition) is 3. The third kappa shape index (κ3) is 2.63. The van der Waals surface area contributed by atoms with Crippen LogP contribution in [0.15, 0.2) is 0 Å². The number of fused-ring (bicyclic) bond motifs is 1. The normalized spacial score (nSPS) is 23.5. The number of rotatable bonds is 4. The van der Waals surface area contributed by atoms with Crippen LogP contribution in [-0.2, 0) is 25.9 Å². The van der Waals surface area contributed by atoms with Crippen molar-refractivity contribution in [1.29, 1.82) is 0 Å². The Morgan fingerprint density at radius 2 is 2.25 bits per heavy atom. The van der Waals surface area contributed by atoms with Crippen molar-refractivity contribution in [1.82, 2.24) is 19.8 Å². The Kier molecular flexibility index (Phi) is 4.13. The van der Waals surface area contributed by atoms with Gasteiger partial charge in [-0.1, -0.05) is 6.92 Å². The summed E-state index contributed by atoms with van der Waals surface area (Å²) in [6, 6.07) is 0.687. The van der Waals surface area contributed by atoms with Gasteiger partial charge < -0.3 is 14.8 Å². The average molecular weight is 276 g/mol. The maximum atomic E-state index is 4.85. The van der Waals surface area contributed by atoms with Crippen molar-refractivity contribution in [2.24, 2.45) is 5.92 Å². The lowest BCUT2D eigenvalue weighted by Crippen LogP contribution is -2.29. The third-order valence-corrected chi connectivity index (χ3v) is 4.87. The maximum Gasteiger partial charge on any atom is 0.108 e. The molecular weight excluding hydrogens is 248 g/mol. The monoisotopic (exact) mass is 276 g/mol. The second-order valence-corrected chi connectivity index (χ2v) is 6.56. The lowest BCUT2D eigenvalue weighted by atomic mass is 10.1. The molecule has 0 aromatic carbocycles. The molecule has 2 aliphatic heterocycles. The van der Waals surface area contributed by atoms with Crippen LogP contribution >= 0.6 is 0 Å². The first-order valence-electron chi connectivity index (χ1n) is 8.21. The van der Waals surface area contributed by atoms with Gasteiger partial charge in [-0.25, -0.2) is 4.98 Å². The van der Waals surface area contributed by atoms with Crippen molar-refractivity contribution in [3.63, 3.8) is 0 Å². The van der Waals surface area contributed by atoms with Crippen LogP contribution in [0.1, 0.15) is 44.4 Å². The Hall–Kier alpha value is -0.870. The minimum atomic E-state index is 0.687. The summed E-state index contributed by atoms with van der Waals surface area (Å²) >= 11 is 0. The van der Waals surface area contributed by atoms with Crippen LogP contribution < -0.4 is 5.32 Å². The van der Waals surface area contributed by atoms with E-state index in [4.69, 9.17) is 4.98 Å². The van der Waals surface area contributed by atoms with Crippen molar-refractivity contribution < 1.29 is 0 Å². The van der Waals surface area contributed by atoms with E-state index in [1.807, 2.05) is 0 Å². The molecule has 1 aromatic heterocycles. The Labute approximate surface area is 122 Å². The molecule has 1 saturated heterocycles. The van der Waals surface area contributed by atoms with Gasteiger partial charge in [-0.2, -0.15) is 0 Å². The van der Waals surface area contributed by atoms with Gasteiger partial charge in [0.2, 0.25) is 0 Å². The third-order valence-electron chi connectivity index (χ3n) is 4.87. The van der Waals surface area contributed by atoms with E-state index >= 15 is 0 Å². The lowest BCUT2D eigenvalue weighted by molar-refractivity contribution is 0.260. The van der Waals surface area contributed by atoms with E-state index in [9.17, 15) is 0 Å². The Morgan fingerprint density at radius 1 is 1.40 bits per heavy atom. The molecule has 0 spiro atoms. The quantitative estimate of drug-likeness (QED) is 0.910. The van der Waals surface area contributed by atoms with Gasteiger partial charge in [0.1, 0.15) is 5.82 Å². The zero-order chi connectivity index (χ0) is 14.1. The Morgan fingerprint density at radius 3 is 2.95 bits per heavy atom. The van der Waals surface area contributed by atoms with E-state index in [1.165, 1.54) is 43.3 Å². The molecule has 0 bridgehead atoms. The Balaban J connectivity index is 1.75. The highest BCUT2D eigenvalue weighted by Crippen LogP contribution is 2.24. The Bertz CT molecular complexity index is 463. The van der Waals surface area contributed by atoms with Crippen LogP contribution in [0.2, 0.25) is 0 Å². The number of hydrogen-bond donors (Lipinski definition) is 1. The molecule has 4 heteroatoms. The fourth-order valence-corrected chi connectivity index (χ4v) is 3.65. The summed E-state index contributed by atoms with van der Waals surface area (Å²) in [6.45, 7) is 12.6. The first kappa shape index (κ1) is 14.1. The molecule has 1 unspecified atom stereocenters. The number of nitrogens with one attached hydrogen (secondary N) is 1. The molecule has 1 aromatic rings. The minimum Gasteiger partial charge on any atom is -0.331 e. The SMILES string of the molecule is CCc1nc2c(n1CC1CCN(C(C)C)C1)CCNC2. The summed E-state index contributed by atoms with van der Waals surface area (Å²) in [4.78, 5) is 7.46. The fourth-order valence-electron chi connectivity index (χ4n) is 3.65. The molecule has 0 saturated carbocycles. The summed E-state index contributed by atoms with van der Waals surface area (Å²) in [6.07, 6.45) is 3.53. The number of likely N-dealkylation sites (tertiary alicyclic amines) is 1. The standard InChI is InChI=1S/C16H28N4/c1-4-16-18-14-9-17-7-5-15(14)20(16)11-13-6-8-19(10-13)12(2)3/h12-13,17H,4-11H2,1-3H3. The van der Waals surface area contributed by atoms with E-state index < -0.39 is 0 Å².